The highest BCUT2D eigenvalue weighted by Crippen LogP contribution is 2.39. The van der Waals surface area contributed by atoms with Crippen LogP contribution in [0.3, 0.4) is 0 Å². The van der Waals surface area contributed by atoms with Gasteiger partial charge in [-0.3, -0.25) is 4.79 Å². The molecule has 0 fully saturated rings. The van der Waals surface area contributed by atoms with E-state index >= 15 is 0 Å². The van der Waals surface area contributed by atoms with Crippen LogP contribution in [0.2, 0.25) is 0 Å². The summed E-state index contributed by atoms with van der Waals surface area (Å²) in [5, 5.41) is 0. The van der Waals surface area contributed by atoms with Gasteiger partial charge in [-0.15, -0.1) is 0 Å². The minimum absolute atomic E-state index is 0.619. The average molecular weight is 252 g/mol. The lowest BCUT2D eigenvalue weighted by Gasteiger charge is -2.21. The third-order valence-corrected chi connectivity index (χ3v) is 1.54. The largest absolute Gasteiger partial charge is 0.407 e. The molecule has 0 aliphatic heterocycles. The van der Waals surface area contributed by atoms with Crippen LogP contribution in [0.15, 0.2) is 0 Å². The minimum Gasteiger partial charge on any atom is -0.371 e. The van der Waals surface area contributed by atoms with Gasteiger partial charge in [-0.25, -0.2) is 0 Å². The number of rotatable bonds is 4. The summed E-state index contributed by atoms with van der Waals surface area (Å²) >= 11 is 0. The number of hydrogen-bond donors (Lipinski definition) is 0. The molecule has 0 atom stereocenters. The second-order valence-electron chi connectivity index (χ2n) is 3.34. The number of carbonyl (C=O) groups excluding carboxylic acids is 1. The Morgan fingerprint density at radius 1 is 1.06 bits per heavy atom. The van der Waals surface area contributed by atoms with Gasteiger partial charge < -0.3 is 4.74 Å². The highest BCUT2D eigenvalue weighted by Gasteiger charge is 2.60. The van der Waals surface area contributed by atoms with E-state index in [9.17, 15) is 31.1 Å². The molecule has 0 rings (SSSR count). The Bertz CT molecular complexity index is 228. The highest BCUT2D eigenvalue weighted by atomic mass is 19.4. The van der Waals surface area contributed by atoms with Crippen LogP contribution >= 0.6 is 0 Å². The monoisotopic (exact) mass is 252 g/mol. The molecule has 0 aliphatic rings. The Labute approximate surface area is 87.6 Å². The van der Waals surface area contributed by atoms with Gasteiger partial charge in [0.25, 0.3) is 0 Å². The maximum absolute atomic E-state index is 12.0. The Morgan fingerprint density at radius 2 is 1.44 bits per heavy atom. The van der Waals surface area contributed by atoms with Crippen LogP contribution in [-0.4, -0.2) is 30.8 Å². The predicted molar refractivity (Wildman–Crippen MR) is 41.7 cm³/mol. The first-order valence-corrected chi connectivity index (χ1v) is 4.24. The van der Waals surface area contributed by atoms with Crippen molar-refractivity contribution >= 4 is 5.78 Å². The van der Waals surface area contributed by atoms with Gasteiger partial charge in [0.1, 0.15) is 6.61 Å². The average Bonchev–Trinajstić information content (AvgIpc) is 1.94. The van der Waals surface area contributed by atoms with Crippen molar-refractivity contribution in [3.05, 3.63) is 0 Å². The zero-order chi connectivity index (χ0) is 13.1. The van der Waals surface area contributed by atoms with Crippen LogP contribution in [0.5, 0.6) is 0 Å². The van der Waals surface area contributed by atoms with E-state index in [1.54, 1.807) is 0 Å². The summed E-state index contributed by atoms with van der Waals surface area (Å²) in [6.45, 7) is 1.58. The summed E-state index contributed by atoms with van der Waals surface area (Å²) in [5.74, 6) is -6.01. The number of Topliss-reactive ketones (excluding diaryl/α,β-unsaturated/α-hetero) is 1. The molecule has 0 aromatic heterocycles. The summed E-state index contributed by atoms with van der Waals surface area (Å²) in [5.41, 5.74) is 0. The normalized spacial score (nSPS) is 13.6. The molecule has 0 heterocycles. The second-order valence-corrected chi connectivity index (χ2v) is 3.34. The summed E-state index contributed by atoms with van der Waals surface area (Å²) in [7, 11) is 0. The van der Waals surface area contributed by atoms with Gasteiger partial charge in [-0.2, -0.15) is 26.3 Å². The summed E-state index contributed by atoms with van der Waals surface area (Å²) in [4.78, 5) is 10.8. The number of ketones is 1. The van der Waals surface area contributed by atoms with Gasteiger partial charge in [0, 0.05) is 0 Å². The lowest BCUT2D eigenvalue weighted by Crippen LogP contribution is -2.44. The molecule has 96 valence electrons. The first kappa shape index (κ1) is 15.2. The van der Waals surface area contributed by atoms with E-state index in [1.807, 2.05) is 0 Å². The quantitative estimate of drug-likeness (QED) is 0.719. The molecule has 8 heteroatoms. The molecule has 0 radical (unpaired) electrons. The molecule has 0 aliphatic carbocycles. The van der Waals surface area contributed by atoms with E-state index in [4.69, 9.17) is 0 Å². The summed E-state index contributed by atoms with van der Waals surface area (Å²) < 4.78 is 76.4. The lowest BCUT2D eigenvalue weighted by atomic mass is 10.0. The van der Waals surface area contributed by atoms with E-state index in [0.29, 0.717) is 0 Å². The van der Waals surface area contributed by atoms with Gasteiger partial charge in [0.05, 0.1) is 6.10 Å². The standard InChI is InChI=1S/C8H10F6O2/c1-4(2)16-3-5(15)6(7(9,10)11)8(12,13)14/h4,6H,3H2,1-2H3. The maximum atomic E-state index is 12.0. The van der Waals surface area contributed by atoms with E-state index in [1.165, 1.54) is 13.8 Å². The van der Waals surface area contributed by atoms with E-state index < -0.39 is 36.8 Å². The topological polar surface area (TPSA) is 26.3 Å². The number of ether oxygens (including phenoxy) is 1. The first-order valence-electron chi connectivity index (χ1n) is 4.24. The van der Waals surface area contributed by atoms with Crippen molar-refractivity contribution in [3.63, 3.8) is 0 Å². The third-order valence-electron chi connectivity index (χ3n) is 1.54. The molecule has 0 aromatic carbocycles. The molecular formula is C8H10F6O2. The Morgan fingerprint density at radius 3 is 1.69 bits per heavy atom. The fraction of sp³-hybridized carbons (Fsp3) is 0.875. The van der Waals surface area contributed by atoms with Crippen molar-refractivity contribution < 1.29 is 35.9 Å². The zero-order valence-electron chi connectivity index (χ0n) is 8.45. The molecule has 0 N–H and O–H groups in total. The first-order chi connectivity index (χ1) is 6.96. The van der Waals surface area contributed by atoms with Gasteiger partial charge >= 0.3 is 12.4 Å². The van der Waals surface area contributed by atoms with E-state index in [-0.39, 0.29) is 0 Å². The lowest BCUT2D eigenvalue weighted by molar-refractivity contribution is -0.274. The third kappa shape index (κ3) is 4.82. The predicted octanol–water partition coefficient (Wildman–Crippen LogP) is 2.72. The minimum atomic E-state index is -5.64. The number of hydrogen-bond acceptors (Lipinski definition) is 2. The smallest absolute Gasteiger partial charge is 0.371 e. The van der Waals surface area contributed by atoms with Crippen LogP contribution < -0.4 is 0 Å². The molecule has 0 saturated carbocycles. The fourth-order valence-electron chi connectivity index (χ4n) is 0.883. The summed E-state index contributed by atoms with van der Waals surface area (Å²) in [6, 6.07) is 0. The molecule has 0 saturated heterocycles. The molecule has 2 nitrogen and oxygen atoms in total. The Balaban J connectivity index is 4.74. The van der Waals surface area contributed by atoms with Crippen molar-refractivity contribution in [2.45, 2.75) is 32.3 Å². The van der Waals surface area contributed by atoms with Crippen LogP contribution in [0, 0.1) is 5.92 Å². The van der Waals surface area contributed by atoms with Gasteiger partial charge in [0.2, 0.25) is 5.92 Å². The number of alkyl halides is 6. The van der Waals surface area contributed by atoms with Gasteiger partial charge in [0.15, 0.2) is 5.78 Å². The second kappa shape index (κ2) is 5.03. The zero-order valence-corrected chi connectivity index (χ0v) is 8.45. The molecular weight excluding hydrogens is 242 g/mol. The molecule has 0 unspecified atom stereocenters. The van der Waals surface area contributed by atoms with Crippen LogP contribution in [0.1, 0.15) is 13.8 Å². The molecule has 0 amide bonds. The van der Waals surface area contributed by atoms with Crippen LogP contribution in [0.25, 0.3) is 0 Å². The Hall–Kier alpha value is -0.790. The Kier molecular flexibility index (Phi) is 4.78. The number of carbonyl (C=O) groups is 1. The van der Waals surface area contributed by atoms with Gasteiger partial charge in [-0.05, 0) is 13.8 Å². The van der Waals surface area contributed by atoms with Crippen molar-refractivity contribution in [1.82, 2.24) is 0 Å². The van der Waals surface area contributed by atoms with E-state index in [2.05, 4.69) is 4.74 Å². The molecule has 0 spiro atoms. The highest BCUT2D eigenvalue weighted by molar-refractivity contribution is 5.83. The molecule has 16 heavy (non-hydrogen) atoms. The van der Waals surface area contributed by atoms with Crippen molar-refractivity contribution in [1.29, 1.82) is 0 Å². The van der Waals surface area contributed by atoms with Crippen molar-refractivity contribution in [2.75, 3.05) is 6.61 Å². The summed E-state index contributed by atoms with van der Waals surface area (Å²) in [6.07, 6.45) is -11.9. The van der Waals surface area contributed by atoms with Crippen molar-refractivity contribution in [2.24, 2.45) is 5.92 Å². The molecule has 0 aromatic rings. The number of halogens is 6. The molecule has 0 bridgehead atoms. The van der Waals surface area contributed by atoms with Crippen LogP contribution in [0.4, 0.5) is 26.3 Å². The van der Waals surface area contributed by atoms with Crippen molar-refractivity contribution in [3.8, 4) is 0 Å². The van der Waals surface area contributed by atoms with Crippen LogP contribution in [-0.2, 0) is 9.53 Å². The fourth-order valence-corrected chi connectivity index (χ4v) is 0.883. The SMILES string of the molecule is CC(C)OCC(=O)C(C(F)(F)F)C(F)(F)F. The van der Waals surface area contributed by atoms with E-state index in [0.717, 1.165) is 0 Å². The van der Waals surface area contributed by atoms with Gasteiger partial charge in [-0.1, -0.05) is 0 Å². The maximum Gasteiger partial charge on any atom is 0.407 e.